The van der Waals surface area contributed by atoms with E-state index < -0.39 is 0 Å². The molecular formula is C68H48N2. The molecule has 70 heavy (non-hydrogen) atoms. The molecule has 0 aromatic heterocycles. The summed E-state index contributed by atoms with van der Waals surface area (Å²) >= 11 is 0. The molecule has 330 valence electrons. The van der Waals surface area contributed by atoms with Gasteiger partial charge in [0, 0.05) is 33.5 Å². The lowest BCUT2D eigenvalue weighted by Gasteiger charge is -2.28. The van der Waals surface area contributed by atoms with Crippen LogP contribution in [0.15, 0.2) is 291 Å². The van der Waals surface area contributed by atoms with Gasteiger partial charge in [0.25, 0.3) is 0 Å². The lowest BCUT2D eigenvalue weighted by atomic mass is 9.98. The van der Waals surface area contributed by atoms with Crippen molar-refractivity contribution in [2.75, 3.05) is 9.80 Å². The maximum atomic E-state index is 2.38. The third kappa shape index (κ3) is 8.40. The fraction of sp³-hybridized carbons (Fsp3) is 0. The molecule has 0 saturated heterocycles. The van der Waals surface area contributed by atoms with Gasteiger partial charge in [-0.15, -0.1) is 0 Å². The molecule has 0 unspecified atom stereocenters. The van der Waals surface area contributed by atoms with Crippen LogP contribution >= 0.6 is 0 Å². The second-order valence-corrected chi connectivity index (χ2v) is 17.7. The number of hydrogen-bond donors (Lipinski definition) is 0. The van der Waals surface area contributed by atoms with Crippen LogP contribution in [0.1, 0.15) is 0 Å². The van der Waals surface area contributed by atoms with Gasteiger partial charge in [-0.1, -0.05) is 218 Å². The fourth-order valence-electron chi connectivity index (χ4n) is 9.89. The molecule has 0 saturated carbocycles. The molecule has 0 fully saturated rings. The zero-order chi connectivity index (χ0) is 46.6. The van der Waals surface area contributed by atoms with E-state index in [0.29, 0.717) is 0 Å². The number of anilines is 6. The highest BCUT2D eigenvalue weighted by Crippen LogP contribution is 2.43. The van der Waals surface area contributed by atoms with Gasteiger partial charge in [-0.3, -0.25) is 0 Å². The topological polar surface area (TPSA) is 6.48 Å². The zero-order valence-electron chi connectivity index (χ0n) is 38.6. The molecule has 12 rings (SSSR count). The van der Waals surface area contributed by atoms with Crippen LogP contribution in [-0.2, 0) is 0 Å². The van der Waals surface area contributed by atoms with Crippen molar-refractivity contribution in [2.24, 2.45) is 0 Å². The van der Waals surface area contributed by atoms with Crippen molar-refractivity contribution in [3.8, 4) is 55.6 Å². The molecule has 0 heterocycles. The van der Waals surface area contributed by atoms with Crippen molar-refractivity contribution in [3.05, 3.63) is 291 Å². The van der Waals surface area contributed by atoms with Crippen molar-refractivity contribution < 1.29 is 0 Å². The molecule has 0 spiro atoms. The Morgan fingerprint density at radius 2 is 0.414 bits per heavy atom. The third-order valence-electron chi connectivity index (χ3n) is 13.5. The van der Waals surface area contributed by atoms with Crippen molar-refractivity contribution in [1.82, 2.24) is 0 Å². The summed E-state index contributed by atoms with van der Waals surface area (Å²) in [5.41, 5.74) is 18.6. The van der Waals surface area contributed by atoms with Crippen molar-refractivity contribution >= 4 is 55.7 Å². The van der Waals surface area contributed by atoms with Crippen molar-refractivity contribution in [1.29, 1.82) is 0 Å². The minimum absolute atomic E-state index is 1.09. The van der Waals surface area contributed by atoms with E-state index in [1.54, 1.807) is 0 Å². The predicted molar refractivity (Wildman–Crippen MR) is 298 cm³/mol. The monoisotopic (exact) mass is 892 g/mol. The average Bonchev–Trinajstić information content (AvgIpc) is 3.45. The maximum absolute atomic E-state index is 2.38. The quantitative estimate of drug-likeness (QED) is 0.128. The Labute approximate surface area is 410 Å². The summed E-state index contributed by atoms with van der Waals surface area (Å²) in [4.78, 5) is 4.76. The van der Waals surface area contributed by atoms with Crippen LogP contribution in [0.3, 0.4) is 0 Å². The van der Waals surface area contributed by atoms with E-state index in [1.165, 1.54) is 66.1 Å². The summed E-state index contributed by atoms with van der Waals surface area (Å²) in [5.74, 6) is 0. The van der Waals surface area contributed by atoms with Crippen molar-refractivity contribution in [2.45, 2.75) is 0 Å². The Balaban J connectivity index is 0.869. The van der Waals surface area contributed by atoms with Gasteiger partial charge < -0.3 is 9.80 Å². The second kappa shape index (κ2) is 18.8. The first kappa shape index (κ1) is 42.1. The molecule has 12 aromatic carbocycles. The summed E-state index contributed by atoms with van der Waals surface area (Å²) in [6.07, 6.45) is 0. The van der Waals surface area contributed by atoms with Gasteiger partial charge in [0.15, 0.2) is 0 Å². The van der Waals surface area contributed by atoms with Gasteiger partial charge in [-0.2, -0.15) is 0 Å². The van der Waals surface area contributed by atoms with E-state index in [1.807, 2.05) is 0 Å². The summed E-state index contributed by atoms with van der Waals surface area (Å²) < 4.78 is 0. The summed E-state index contributed by atoms with van der Waals surface area (Å²) in [6.45, 7) is 0. The number of nitrogens with zero attached hydrogens (tertiary/aromatic N) is 2. The molecule has 2 heteroatoms. The third-order valence-corrected chi connectivity index (χ3v) is 13.5. The molecule has 0 aliphatic heterocycles. The van der Waals surface area contributed by atoms with E-state index in [4.69, 9.17) is 0 Å². The van der Waals surface area contributed by atoms with Crippen LogP contribution in [0.4, 0.5) is 34.1 Å². The molecule has 0 amide bonds. The Bertz CT molecular complexity index is 3470. The normalized spacial score (nSPS) is 11.1. The summed E-state index contributed by atoms with van der Waals surface area (Å²) in [6, 6.07) is 105. The van der Waals surface area contributed by atoms with Crippen LogP contribution in [0.25, 0.3) is 77.2 Å². The van der Waals surface area contributed by atoms with E-state index in [9.17, 15) is 0 Å². The first-order valence-electron chi connectivity index (χ1n) is 24.0. The molecule has 0 N–H and O–H groups in total. The minimum Gasteiger partial charge on any atom is -0.310 e. The summed E-state index contributed by atoms with van der Waals surface area (Å²) in [5, 5.41) is 4.82. The highest BCUT2D eigenvalue weighted by molar-refractivity contribution is 6.00. The molecule has 0 atom stereocenters. The van der Waals surface area contributed by atoms with Gasteiger partial charge in [-0.05, 0) is 139 Å². The van der Waals surface area contributed by atoms with Crippen LogP contribution < -0.4 is 9.80 Å². The molecule has 0 bridgehead atoms. The first-order valence-corrected chi connectivity index (χ1v) is 24.0. The number of rotatable bonds is 11. The first-order chi connectivity index (χ1) is 34.7. The molecule has 12 aromatic rings. The standard InChI is InChI=1S/C68H48N2/c1-3-15-49(16-4-1)57-23-11-25-59(47-57)53-35-43-63(44-36-53)69(67-29-13-21-55-19-7-9-27-65(55)67)61-39-31-51(32-40-61)52-33-41-62(42-34-52)70(68-30-14-22-56-20-8-10-28-66(56)68)64-45-37-54(38-46-64)60-26-12-24-58(48-60)50-17-5-2-6-18-50/h1-48H. The minimum atomic E-state index is 1.09. The Hall–Kier alpha value is -9.24. The fourth-order valence-corrected chi connectivity index (χ4v) is 9.89. The van der Waals surface area contributed by atoms with Crippen LogP contribution in [0.5, 0.6) is 0 Å². The van der Waals surface area contributed by atoms with Gasteiger partial charge in [0.05, 0.1) is 11.4 Å². The van der Waals surface area contributed by atoms with Gasteiger partial charge in [0.2, 0.25) is 0 Å². The summed E-state index contributed by atoms with van der Waals surface area (Å²) in [7, 11) is 0. The highest BCUT2D eigenvalue weighted by Gasteiger charge is 2.18. The molecular weight excluding hydrogens is 845 g/mol. The lowest BCUT2D eigenvalue weighted by Crippen LogP contribution is -2.10. The molecule has 2 nitrogen and oxygen atoms in total. The van der Waals surface area contributed by atoms with Crippen molar-refractivity contribution in [3.63, 3.8) is 0 Å². The van der Waals surface area contributed by atoms with Gasteiger partial charge in [0.1, 0.15) is 0 Å². The van der Waals surface area contributed by atoms with E-state index in [0.717, 1.165) is 45.3 Å². The number of benzene rings is 12. The SMILES string of the molecule is c1ccc(-c2cccc(-c3ccc(N(c4ccc(-c5ccc(N(c6ccc(-c7cccc(-c8ccccc8)c7)cc6)c6cccc7ccccc67)cc5)cc4)c4cccc5ccccc45)cc3)c2)cc1. The Kier molecular flexibility index (Phi) is 11.3. The largest absolute Gasteiger partial charge is 0.310 e. The highest BCUT2D eigenvalue weighted by atomic mass is 15.1. The Morgan fingerprint density at radius 1 is 0.171 bits per heavy atom. The maximum Gasteiger partial charge on any atom is 0.0540 e. The van der Waals surface area contributed by atoms with E-state index in [2.05, 4.69) is 301 Å². The molecule has 0 aliphatic carbocycles. The molecule has 0 radical (unpaired) electrons. The second-order valence-electron chi connectivity index (χ2n) is 17.7. The van der Waals surface area contributed by atoms with E-state index >= 15 is 0 Å². The average molecular weight is 893 g/mol. The number of hydrogen-bond acceptors (Lipinski definition) is 2. The van der Waals surface area contributed by atoms with Crippen LogP contribution in [-0.4, -0.2) is 0 Å². The van der Waals surface area contributed by atoms with E-state index in [-0.39, 0.29) is 0 Å². The lowest BCUT2D eigenvalue weighted by molar-refractivity contribution is 1.29. The van der Waals surface area contributed by atoms with Crippen LogP contribution in [0, 0.1) is 0 Å². The van der Waals surface area contributed by atoms with Gasteiger partial charge >= 0.3 is 0 Å². The predicted octanol–water partition coefficient (Wildman–Crippen LogP) is 19.3. The number of fused-ring (bicyclic) bond motifs is 2. The smallest absolute Gasteiger partial charge is 0.0540 e. The Morgan fingerprint density at radius 3 is 0.757 bits per heavy atom. The van der Waals surface area contributed by atoms with Crippen LogP contribution in [0.2, 0.25) is 0 Å². The molecule has 0 aliphatic rings. The zero-order valence-corrected chi connectivity index (χ0v) is 38.6. The van der Waals surface area contributed by atoms with Gasteiger partial charge in [-0.25, -0.2) is 0 Å².